The van der Waals surface area contributed by atoms with Crippen molar-refractivity contribution in [1.29, 1.82) is 0 Å². The molecule has 0 aromatic heterocycles. The van der Waals surface area contributed by atoms with Gasteiger partial charge in [-0.1, -0.05) is 6.92 Å². The zero-order valence-electron chi connectivity index (χ0n) is 12.6. The Labute approximate surface area is 120 Å². The summed E-state index contributed by atoms with van der Waals surface area (Å²) in [6, 6.07) is 6.30. The molecule has 5 heteroatoms. The van der Waals surface area contributed by atoms with Crippen LogP contribution in [0.4, 0.5) is 5.69 Å². The Bertz CT molecular complexity index is 488. The molecule has 1 saturated carbocycles. The number of anilines is 1. The highest BCUT2D eigenvalue weighted by Crippen LogP contribution is 2.31. The van der Waals surface area contributed by atoms with Gasteiger partial charge in [0.05, 0.1) is 13.7 Å². The molecule has 1 aliphatic carbocycles. The van der Waals surface area contributed by atoms with Gasteiger partial charge in [0.15, 0.2) is 17.5 Å². The zero-order valence-corrected chi connectivity index (χ0v) is 12.6. The number of ether oxygens (including phenoxy) is 2. The second-order valence-electron chi connectivity index (χ2n) is 4.96. The molecule has 5 nitrogen and oxygen atoms in total. The molecule has 0 spiro atoms. The van der Waals surface area contributed by atoms with Crippen LogP contribution in [0.25, 0.3) is 0 Å². The SMILES string of the molecule is CCOc1ccc(NC(=NC)NC2CC2C)cc1OC. The first-order valence-electron chi connectivity index (χ1n) is 6.99. The molecule has 1 aromatic carbocycles. The van der Waals surface area contributed by atoms with Crippen LogP contribution in [0.3, 0.4) is 0 Å². The Morgan fingerprint density at radius 1 is 1.40 bits per heavy atom. The van der Waals surface area contributed by atoms with Gasteiger partial charge in [0.25, 0.3) is 0 Å². The largest absolute Gasteiger partial charge is 0.493 e. The van der Waals surface area contributed by atoms with Crippen molar-refractivity contribution >= 4 is 11.6 Å². The average molecular weight is 277 g/mol. The first-order chi connectivity index (χ1) is 9.67. The minimum atomic E-state index is 0.533. The van der Waals surface area contributed by atoms with E-state index in [4.69, 9.17) is 9.47 Å². The number of benzene rings is 1. The Morgan fingerprint density at radius 3 is 2.70 bits per heavy atom. The molecule has 2 rings (SSSR count). The van der Waals surface area contributed by atoms with E-state index in [1.54, 1.807) is 14.2 Å². The lowest BCUT2D eigenvalue weighted by Gasteiger charge is -2.14. The minimum Gasteiger partial charge on any atom is -0.493 e. The van der Waals surface area contributed by atoms with E-state index in [9.17, 15) is 0 Å². The lowest BCUT2D eigenvalue weighted by atomic mass is 10.2. The summed E-state index contributed by atoms with van der Waals surface area (Å²) in [4.78, 5) is 4.23. The summed E-state index contributed by atoms with van der Waals surface area (Å²) < 4.78 is 10.8. The topological polar surface area (TPSA) is 54.9 Å². The van der Waals surface area contributed by atoms with E-state index in [1.807, 2.05) is 25.1 Å². The summed E-state index contributed by atoms with van der Waals surface area (Å²) in [6.07, 6.45) is 1.20. The second kappa shape index (κ2) is 6.50. The first kappa shape index (κ1) is 14.5. The van der Waals surface area contributed by atoms with Gasteiger partial charge in [-0.15, -0.1) is 0 Å². The normalized spacial score (nSPS) is 21.3. The van der Waals surface area contributed by atoms with Crippen molar-refractivity contribution in [2.24, 2.45) is 10.9 Å². The monoisotopic (exact) mass is 277 g/mol. The van der Waals surface area contributed by atoms with Gasteiger partial charge in [-0.2, -0.15) is 0 Å². The van der Waals surface area contributed by atoms with E-state index in [0.29, 0.717) is 18.4 Å². The molecule has 2 N–H and O–H groups in total. The van der Waals surface area contributed by atoms with E-state index >= 15 is 0 Å². The van der Waals surface area contributed by atoms with Crippen molar-refractivity contribution in [1.82, 2.24) is 5.32 Å². The smallest absolute Gasteiger partial charge is 0.195 e. The standard InChI is InChI=1S/C15H23N3O2/c1-5-20-13-7-6-11(9-14(13)19-4)17-15(16-3)18-12-8-10(12)2/h6-7,9-10,12H,5,8H2,1-4H3,(H2,16,17,18). The quantitative estimate of drug-likeness (QED) is 0.641. The molecular formula is C15H23N3O2. The van der Waals surface area contributed by atoms with Gasteiger partial charge < -0.3 is 20.1 Å². The summed E-state index contributed by atoms with van der Waals surface area (Å²) in [5.41, 5.74) is 0.923. The Morgan fingerprint density at radius 2 is 2.15 bits per heavy atom. The van der Waals surface area contributed by atoms with Gasteiger partial charge >= 0.3 is 0 Å². The summed E-state index contributed by atoms with van der Waals surface area (Å²) in [7, 11) is 3.41. The number of nitrogens with zero attached hydrogens (tertiary/aromatic N) is 1. The molecule has 1 fully saturated rings. The lowest BCUT2D eigenvalue weighted by Crippen LogP contribution is -2.33. The molecule has 0 radical (unpaired) electrons. The fourth-order valence-corrected chi connectivity index (χ4v) is 2.01. The number of nitrogens with one attached hydrogen (secondary N) is 2. The van der Waals surface area contributed by atoms with E-state index < -0.39 is 0 Å². The summed E-state index contributed by atoms with van der Waals surface area (Å²) in [5.74, 6) is 2.97. The van der Waals surface area contributed by atoms with Crippen LogP contribution in [0.2, 0.25) is 0 Å². The molecule has 0 saturated heterocycles. The van der Waals surface area contributed by atoms with Crippen LogP contribution in [0.1, 0.15) is 20.3 Å². The van der Waals surface area contributed by atoms with E-state index in [0.717, 1.165) is 23.3 Å². The average Bonchev–Trinajstić information content (AvgIpc) is 3.15. The maximum atomic E-state index is 5.50. The third-order valence-electron chi connectivity index (χ3n) is 3.38. The summed E-state index contributed by atoms with van der Waals surface area (Å²) in [6.45, 7) is 4.80. The van der Waals surface area contributed by atoms with Crippen molar-refractivity contribution in [2.75, 3.05) is 26.1 Å². The zero-order chi connectivity index (χ0) is 14.5. The van der Waals surface area contributed by atoms with E-state index in [-0.39, 0.29) is 0 Å². The van der Waals surface area contributed by atoms with Crippen molar-refractivity contribution in [3.63, 3.8) is 0 Å². The maximum Gasteiger partial charge on any atom is 0.195 e. The predicted molar refractivity (Wildman–Crippen MR) is 81.8 cm³/mol. The fourth-order valence-electron chi connectivity index (χ4n) is 2.01. The van der Waals surface area contributed by atoms with Gasteiger partial charge in [0.2, 0.25) is 0 Å². The molecule has 1 aromatic rings. The van der Waals surface area contributed by atoms with Crippen LogP contribution < -0.4 is 20.1 Å². The summed E-state index contributed by atoms with van der Waals surface area (Å²) >= 11 is 0. The van der Waals surface area contributed by atoms with Crippen LogP contribution in [-0.4, -0.2) is 32.8 Å². The molecular weight excluding hydrogens is 254 g/mol. The highest BCUT2D eigenvalue weighted by molar-refractivity contribution is 5.94. The first-order valence-corrected chi connectivity index (χ1v) is 6.99. The second-order valence-corrected chi connectivity index (χ2v) is 4.96. The number of methoxy groups -OCH3 is 1. The van der Waals surface area contributed by atoms with Gasteiger partial charge in [0.1, 0.15) is 0 Å². The molecule has 1 aliphatic rings. The number of guanidine groups is 1. The van der Waals surface area contributed by atoms with Gasteiger partial charge in [-0.3, -0.25) is 4.99 Å². The van der Waals surface area contributed by atoms with Crippen LogP contribution >= 0.6 is 0 Å². The number of hydrogen-bond donors (Lipinski definition) is 2. The number of rotatable bonds is 5. The third-order valence-corrected chi connectivity index (χ3v) is 3.38. The Balaban J connectivity index is 2.04. The van der Waals surface area contributed by atoms with Crippen molar-refractivity contribution in [2.45, 2.75) is 26.3 Å². The number of aliphatic imine (C=N–C) groups is 1. The molecule has 20 heavy (non-hydrogen) atoms. The fraction of sp³-hybridized carbons (Fsp3) is 0.533. The molecule has 2 atom stereocenters. The number of hydrogen-bond acceptors (Lipinski definition) is 3. The predicted octanol–water partition coefficient (Wildman–Crippen LogP) is 2.49. The van der Waals surface area contributed by atoms with E-state index in [2.05, 4.69) is 22.5 Å². The molecule has 0 bridgehead atoms. The highest BCUT2D eigenvalue weighted by atomic mass is 16.5. The molecule has 110 valence electrons. The van der Waals surface area contributed by atoms with Gasteiger partial charge in [0, 0.05) is 24.8 Å². The van der Waals surface area contributed by atoms with Crippen LogP contribution in [0, 0.1) is 5.92 Å². The Hall–Kier alpha value is -1.91. The molecule has 2 unspecified atom stereocenters. The van der Waals surface area contributed by atoms with Gasteiger partial charge in [-0.05, 0) is 31.4 Å². The van der Waals surface area contributed by atoms with Crippen molar-refractivity contribution in [3.8, 4) is 11.5 Å². The maximum absolute atomic E-state index is 5.50. The van der Waals surface area contributed by atoms with Crippen LogP contribution in [0.15, 0.2) is 23.2 Å². The molecule has 0 heterocycles. The van der Waals surface area contributed by atoms with Gasteiger partial charge in [-0.25, -0.2) is 0 Å². The van der Waals surface area contributed by atoms with Crippen LogP contribution in [-0.2, 0) is 0 Å². The van der Waals surface area contributed by atoms with E-state index in [1.165, 1.54) is 6.42 Å². The minimum absolute atomic E-state index is 0.533. The Kier molecular flexibility index (Phi) is 4.71. The van der Waals surface area contributed by atoms with Crippen LogP contribution in [0.5, 0.6) is 11.5 Å². The summed E-state index contributed by atoms with van der Waals surface area (Å²) in [5, 5.41) is 6.65. The molecule has 0 aliphatic heterocycles. The highest BCUT2D eigenvalue weighted by Gasteiger charge is 2.33. The molecule has 0 amide bonds. The third kappa shape index (κ3) is 3.56. The van der Waals surface area contributed by atoms with Crippen molar-refractivity contribution < 1.29 is 9.47 Å². The van der Waals surface area contributed by atoms with Crippen molar-refractivity contribution in [3.05, 3.63) is 18.2 Å². The lowest BCUT2D eigenvalue weighted by molar-refractivity contribution is 0.311.